The van der Waals surface area contributed by atoms with Crippen molar-refractivity contribution < 1.29 is 10.0 Å². The highest BCUT2D eigenvalue weighted by atomic mass is 16.6. The van der Waals surface area contributed by atoms with Gasteiger partial charge in [-0.25, -0.2) is 0 Å². The summed E-state index contributed by atoms with van der Waals surface area (Å²) in [5, 5.41) is 20.5. The summed E-state index contributed by atoms with van der Waals surface area (Å²) in [6.45, 7) is 1.13. The van der Waals surface area contributed by atoms with E-state index in [0.717, 1.165) is 19.4 Å². The fourth-order valence-corrected chi connectivity index (χ4v) is 3.04. The fraction of sp³-hybridized carbons (Fsp3) is 0.429. The fourth-order valence-electron chi connectivity index (χ4n) is 3.04. The van der Waals surface area contributed by atoms with Crippen LogP contribution in [-0.2, 0) is 6.54 Å². The highest BCUT2D eigenvalue weighted by Gasteiger charge is 2.25. The minimum absolute atomic E-state index is 0.00112. The van der Waals surface area contributed by atoms with Gasteiger partial charge in [0.2, 0.25) is 0 Å². The minimum Gasteiger partial charge on any atom is -0.395 e. The van der Waals surface area contributed by atoms with Gasteiger partial charge in [-0.15, -0.1) is 0 Å². The Morgan fingerprint density at radius 3 is 2.74 bits per heavy atom. The lowest BCUT2D eigenvalue weighted by molar-refractivity contribution is -0.384. The quantitative estimate of drug-likeness (QED) is 0.415. The van der Waals surface area contributed by atoms with E-state index >= 15 is 0 Å². The zero-order valence-electron chi connectivity index (χ0n) is 12.2. The number of hydrogen-bond donors (Lipinski definition) is 3. The van der Waals surface area contributed by atoms with Crippen LogP contribution in [0.5, 0.6) is 0 Å². The highest BCUT2D eigenvalue weighted by molar-refractivity contribution is 5.80. The van der Waals surface area contributed by atoms with E-state index in [4.69, 9.17) is 0 Å². The maximum Gasteiger partial charge on any atom is 0.314 e. The Labute approximate surface area is 129 Å². The number of aliphatic hydroxyl groups is 1. The van der Waals surface area contributed by atoms with Crippen molar-refractivity contribution in [1.29, 1.82) is 0 Å². The van der Waals surface area contributed by atoms with Crippen molar-refractivity contribution >= 4 is 16.7 Å². The SMILES string of the molecule is O=c1[nH]c2cc([N+](=O)[O-])cc(CN3CCCC3CO)c2[nH]c1=O. The average molecular weight is 320 g/mol. The number of nitro groups is 1. The van der Waals surface area contributed by atoms with Gasteiger partial charge in [0.05, 0.1) is 22.6 Å². The average Bonchev–Trinajstić information content (AvgIpc) is 2.96. The molecule has 1 atom stereocenters. The van der Waals surface area contributed by atoms with Gasteiger partial charge in [0.25, 0.3) is 5.69 Å². The van der Waals surface area contributed by atoms with Crippen LogP contribution in [-0.4, -0.2) is 44.1 Å². The smallest absolute Gasteiger partial charge is 0.314 e. The molecule has 2 heterocycles. The number of nitrogens with zero attached hydrogens (tertiary/aromatic N) is 2. The normalized spacial score (nSPS) is 18.6. The van der Waals surface area contributed by atoms with Crippen LogP contribution in [0, 0.1) is 10.1 Å². The number of likely N-dealkylation sites (tertiary alicyclic amines) is 1. The molecule has 9 nitrogen and oxygen atoms in total. The second kappa shape index (κ2) is 5.94. The third-order valence-corrected chi connectivity index (χ3v) is 4.19. The Balaban J connectivity index is 2.13. The number of aromatic nitrogens is 2. The lowest BCUT2D eigenvalue weighted by atomic mass is 10.1. The summed E-state index contributed by atoms with van der Waals surface area (Å²) in [6.07, 6.45) is 1.79. The Morgan fingerprint density at radius 2 is 2.04 bits per heavy atom. The first-order chi connectivity index (χ1) is 11.0. The summed E-state index contributed by atoms with van der Waals surface area (Å²) in [7, 11) is 0. The van der Waals surface area contributed by atoms with Crippen LogP contribution >= 0.6 is 0 Å². The summed E-state index contributed by atoms with van der Waals surface area (Å²) in [5.74, 6) is 0. The van der Waals surface area contributed by atoms with Crippen molar-refractivity contribution in [3.05, 3.63) is 48.5 Å². The molecule has 1 aromatic heterocycles. The van der Waals surface area contributed by atoms with Gasteiger partial charge in [0, 0.05) is 24.7 Å². The zero-order chi connectivity index (χ0) is 16.6. The van der Waals surface area contributed by atoms with Crippen molar-refractivity contribution in [2.75, 3.05) is 13.2 Å². The molecular weight excluding hydrogens is 304 g/mol. The predicted octanol–water partition coefficient (Wildman–Crippen LogP) is 0.0813. The maximum atomic E-state index is 11.6. The van der Waals surface area contributed by atoms with Crippen LogP contribution < -0.4 is 11.1 Å². The summed E-state index contributed by atoms with van der Waals surface area (Å²) >= 11 is 0. The third kappa shape index (κ3) is 2.88. The number of H-pyrrole nitrogens is 2. The number of nitro benzene ring substituents is 1. The molecule has 1 fully saturated rings. The molecule has 0 amide bonds. The number of fused-ring (bicyclic) bond motifs is 1. The molecule has 1 aromatic carbocycles. The number of nitrogens with one attached hydrogen (secondary N) is 2. The molecule has 1 aliphatic heterocycles. The molecule has 0 aliphatic carbocycles. The summed E-state index contributed by atoms with van der Waals surface area (Å²) in [5.41, 5.74) is -0.661. The van der Waals surface area contributed by atoms with Crippen molar-refractivity contribution in [3.63, 3.8) is 0 Å². The van der Waals surface area contributed by atoms with Crippen LogP contribution in [0.25, 0.3) is 11.0 Å². The van der Waals surface area contributed by atoms with E-state index in [2.05, 4.69) is 9.97 Å². The van der Waals surface area contributed by atoms with Crippen LogP contribution in [0.2, 0.25) is 0 Å². The minimum atomic E-state index is -0.849. The molecule has 1 unspecified atom stereocenters. The Hall–Kier alpha value is -2.52. The van der Waals surface area contributed by atoms with Gasteiger partial charge in [-0.2, -0.15) is 0 Å². The molecule has 2 aromatic rings. The molecule has 1 saturated heterocycles. The lowest BCUT2D eigenvalue weighted by Gasteiger charge is -2.23. The van der Waals surface area contributed by atoms with Crippen molar-refractivity contribution in [2.24, 2.45) is 0 Å². The Morgan fingerprint density at radius 1 is 1.30 bits per heavy atom. The van der Waals surface area contributed by atoms with E-state index in [1.54, 1.807) is 0 Å². The zero-order valence-corrected chi connectivity index (χ0v) is 12.2. The van der Waals surface area contributed by atoms with Crippen LogP contribution in [0.15, 0.2) is 21.7 Å². The van der Waals surface area contributed by atoms with Gasteiger partial charge in [-0.05, 0) is 24.9 Å². The lowest BCUT2D eigenvalue weighted by Crippen LogP contribution is -2.33. The molecule has 3 rings (SSSR count). The molecule has 23 heavy (non-hydrogen) atoms. The van der Waals surface area contributed by atoms with E-state index in [0.29, 0.717) is 17.6 Å². The van der Waals surface area contributed by atoms with Gasteiger partial charge in [0.1, 0.15) is 0 Å². The van der Waals surface area contributed by atoms with Gasteiger partial charge in [-0.3, -0.25) is 24.6 Å². The van der Waals surface area contributed by atoms with E-state index in [9.17, 15) is 24.8 Å². The first kappa shape index (κ1) is 15.4. The number of aliphatic hydroxyl groups excluding tert-OH is 1. The number of hydrogen-bond acceptors (Lipinski definition) is 6. The van der Waals surface area contributed by atoms with Crippen LogP contribution in [0.3, 0.4) is 0 Å². The van der Waals surface area contributed by atoms with E-state index < -0.39 is 16.0 Å². The van der Waals surface area contributed by atoms with E-state index in [1.165, 1.54) is 12.1 Å². The van der Waals surface area contributed by atoms with Crippen LogP contribution in [0.4, 0.5) is 5.69 Å². The number of rotatable bonds is 4. The molecule has 0 radical (unpaired) electrons. The summed E-state index contributed by atoms with van der Waals surface area (Å²) in [6, 6.07) is 2.62. The molecule has 0 bridgehead atoms. The standard InChI is InChI=1S/C14H16N4O5/c19-7-9-2-1-3-17(9)6-8-4-10(18(22)23)5-11-12(8)16-14(21)13(20)15-11/h4-5,9,19H,1-3,6-7H2,(H,15,20)(H,16,21). The van der Waals surface area contributed by atoms with Gasteiger partial charge < -0.3 is 15.1 Å². The first-order valence-corrected chi connectivity index (χ1v) is 7.28. The largest absolute Gasteiger partial charge is 0.395 e. The summed E-state index contributed by atoms with van der Waals surface area (Å²) in [4.78, 5) is 40.5. The van der Waals surface area contributed by atoms with Gasteiger partial charge in [0.15, 0.2) is 0 Å². The van der Waals surface area contributed by atoms with E-state index in [1.807, 2.05) is 4.90 Å². The molecule has 122 valence electrons. The van der Waals surface area contributed by atoms with E-state index in [-0.39, 0.29) is 23.9 Å². The molecule has 1 aliphatic rings. The summed E-state index contributed by atoms with van der Waals surface area (Å²) < 4.78 is 0. The Kier molecular flexibility index (Phi) is 3.97. The maximum absolute atomic E-state index is 11.6. The molecule has 3 N–H and O–H groups in total. The second-order valence-electron chi connectivity index (χ2n) is 5.64. The molecule has 9 heteroatoms. The first-order valence-electron chi connectivity index (χ1n) is 7.28. The van der Waals surface area contributed by atoms with Gasteiger partial charge in [-0.1, -0.05) is 0 Å². The predicted molar refractivity (Wildman–Crippen MR) is 82.4 cm³/mol. The highest BCUT2D eigenvalue weighted by Crippen LogP contribution is 2.26. The molecular formula is C14H16N4O5. The molecule has 0 saturated carbocycles. The van der Waals surface area contributed by atoms with Crippen LogP contribution in [0.1, 0.15) is 18.4 Å². The second-order valence-corrected chi connectivity index (χ2v) is 5.64. The number of benzene rings is 1. The monoisotopic (exact) mass is 320 g/mol. The Bertz CT molecular complexity index is 872. The topological polar surface area (TPSA) is 132 Å². The molecule has 0 spiro atoms. The third-order valence-electron chi connectivity index (χ3n) is 4.19. The van der Waals surface area contributed by atoms with Crippen molar-refractivity contribution in [1.82, 2.24) is 14.9 Å². The van der Waals surface area contributed by atoms with Crippen molar-refractivity contribution in [3.8, 4) is 0 Å². The van der Waals surface area contributed by atoms with Crippen molar-refractivity contribution in [2.45, 2.75) is 25.4 Å². The van der Waals surface area contributed by atoms with Gasteiger partial charge >= 0.3 is 11.1 Å². The number of aromatic amines is 2. The number of non-ortho nitro benzene ring substituents is 1.